The van der Waals surface area contributed by atoms with E-state index in [0.717, 1.165) is 121 Å². The lowest BCUT2D eigenvalue weighted by Crippen LogP contribution is -2.31. The summed E-state index contributed by atoms with van der Waals surface area (Å²) in [6.45, 7) is 7.72. The predicted molar refractivity (Wildman–Crippen MR) is 166 cm³/mol. The third-order valence-corrected chi connectivity index (χ3v) is 8.74. The molecule has 0 radical (unpaired) electrons. The van der Waals surface area contributed by atoms with Crippen LogP contribution in [0.5, 0.6) is 5.75 Å². The molecule has 43 heavy (non-hydrogen) atoms. The summed E-state index contributed by atoms with van der Waals surface area (Å²) in [6.07, 6.45) is 7.17. The Kier molecular flexibility index (Phi) is 7.18. The minimum Gasteiger partial charge on any atom is -0.505 e. The molecule has 2 aromatic carbocycles. The summed E-state index contributed by atoms with van der Waals surface area (Å²) in [5.41, 5.74) is 6.29. The largest absolute Gasteiger partial charge is 0.505 e. The lowest BCUT2D eigenvalue weighted by Gasteiger charge is -2.25. The fourth-order valence-corrected chi connectivity index (χ4v) is 6.26. The van der Waals surface area contributed by atoms with Crippen molar-refractivity contribution in [3.05, 3.63) is 65.5 Å². The van der Waals surface area contributed by atoms with Crippen LogP contribution in [0.15, 0.2) is 42.7 Å². The Morgan fingerprint density at radius 3 is 2.58 bits per heavy atom. The Labute approximate surface area is 249 Å². The van der Waals surface area contributed by atoms with E-state index in [9.17, 15) is 9.50 Å². The molecule has 3 N–H and O–H groups in total. The average Bonchev–Trinajstić information content (AvgIpc) is 3.49. The molecule has 3 aromatic heterocycles. The van der Waals surface area contributed by atoms with Crippen molar-refractivity contribution in [2.24, 2.45) is 0 Å². The van der Waals surface area contributed by atoms with Crippen molar-refractivity contribution >= 4 is 22.5 Å². The number of aryl methyl sites for hydroxylation is 1. The van der Waals surface area contributed by atoms with Gasteiger partial charge in [-0.3, -0.25) is 10.1 Å². The second-order valence-corrected chi connectivity index (χ2v) is 11.5. The first-order valence-corrected chi connectivity index (χ1v) is 15.1. The van der Waals surface area contributed by atoms with Gasteiger partial charge in [-0.1, -0.05) is 13.0 Å². The molecule has 2 aliphatic heterocycles. The lowest BCUT2D eigenvalue weighted by molar-refractivity contribution is 0.360. The van der Waals surface area contributed by atoms with Crippen LogP contribution in [0.1, 0.15) is 30.3 Å². The summed E-state index contributed by atoms with van der Waals surface area (Å²) < 4.78 is 14.2. The smallest absolute Gasteiger partial charge is 0.165 e. The van der Waals surface area contributed by atoms with Crippen LogP contribution in [0, 0.1) is 5.82 Å². The third kappa shape index (κ3) is 5.29. The van der Waals surface area contributed by atoms with Crippen molar-refractivity contribution in [1.29, 1.82) is 0 Å². The molecule has 0 spiro atoms. The second kappa shape index (κ2) is 11.3. The Hall–Kier alpha value is -4.51. The molecule has 5 heterocycles. The Balaban J connectivity index is 1.09. The number of hydrogen-bond donors (Lipinski definition) is 3. The molecular weight excluding hydrogens is 545 g/mol. The van der Waals surface area contributed by atoms with Gasteiger partial charge in [0.1, 0.15) is 17.3 Å². The van der Waals surface area contributed by atoms with Gasteiger partial charge in [0.05, 0.1) is 23.6 Å². The van der Waals surface area contributed by atoms with Crippen molar-refractivity contribution in [2.75, 3.05) is 56.1 Å². The number of likely N-dealkylation sites (N-methyl/N-ethyl adjacent to an activating group) is 1. The van der Waals surface area contributed by atoms with Crippen LogP contribution in [-0.2, 0) is 19.3 Å². The van der Waals surface area contributed by atoms with Gasteiger partial charge in [0.15, 0.2) is 17.4 Å². The lowest BCUT2D eigenvalue weighted by atomic mass is 9.96. The molecule has 7 rings (SSSR count). The number of H-pyrrole nitrogens is 2. The molecular formula is C32H36FN9O. The van der Waals surface area contributed by atoms with Crippen LogP contribution in [0.2, 0.25) is 0 Å². The monoisotopic (exact) mass is 581 g/mol. The first-order valence-electron chi connectivity index (χ1n) is 15.1. The maximum atomic E-state index is 14.2. The number of aromatic hydroxyl groups is 1. The van der Waals surface area contributed by atoms with E-state index in [0.29, 0.717) is 6.42 Å². The molecule has 222 valence electrons. The quantitative estimate of drug-likeness (QED) is 0.277. The van der Waals surface area contributed by atoms with Crippen molar-refractivity contribution in [3.8, 4) is 28.4 Å². The van der Waals surface area contributed by atoms with Gasteiger partial charge in [-0.05, 0) is 67.4 Å². The number of fused-ring (bicyclic) bond motifs is 2. The molecule has 5 aromatic rings. The Morgan fingerprint density at radius 2 is 1.74 bits per heavy atom. The van der Waals surface area contributed by atoms with E-state index in [1.807, 2.05) is 37.5 Å². The topological polar surface area (TPSA) is 113 Å². The van der Waals surface area contributed by atoms with Gasteiger partial charge in [0.25, 0.3) is 0 Å². The molecule has 0 amide bonds. The summed E-state index contributed by atoms with van der Waals surface area (Å²) in [5, 5.41) is 18.5. The van der Waals surface area contributed by atoms with Crippen LogP contribution < -0.4 is 9.80 Å². The Morgan fingerprint density at radius 1 is 0.930 bits per heavy atom. The third-order valence-electron chi connectivity index (χ3n) is 8.74. The maximum absolute atomic E-state index is 14.2. The number of phenolic OH excluding ortho intramolecular Hbond substituents is 1. The van der Waals surface area contributed by atoms with E-state index in [1.165, 1.54) is 12.1 Å². The summed E-state index contributed by atoms with van der Waals surface area (Å²) >= 11 is 0. The van der Waals surface area contributed by atoms with Crippen molar-refractivity contribution in [2.45, 2.75) is 32.6 Å². The fraction of sp³-hybridized carbons (Fsp3) is 0.375. The second-order valence-electron chi connectivity index (χ2n) is 11.5. The summed E-state index contributed by atoms with van der Waals surface area (Å²) in [6, 6.07) is 8.84. The summed E-state index contributed by atoms with van der Waals surface area (Å²) in [5.74, 6) is 1.66. The maximum Gasteiger partial charge on any atom is 0.165 e. The highest BCUT2D eigenvalue weighted by molar-refractivity contribution is 5.94. The number of anilines is 2. The SMILES string of the molecule is CCc1cc(O)c(F)cc1-c1ccc2c(-c3nc4c([nH]3)CCN(c3cncc(N5CCCN(C)CC5)n3)CC4)n[nH]c2c1. The van der Waals surface area contributed by atoms with E-state index < -0.39 is 5.82 Å². The number of hydrogen-bond acceptors (Lipinski definition) is 8. The first kappa shape index (κ1) is 27.3. The van der Waals surface area contributed by atoms with Gasteiger partial charge in [-0.2, -0.15) is 5.10 Å². The van der Waals surface area contributed by atoms with Crippen LogP contribution in [0.25, 0.3) is 33.5 Å². The van der Waals surface area contributed by atoms with E-state index in [-0.39, 0.29) is 5.75 Å². The molecule has 1 saturated heterocycles. The molecule has 0 unspecified atom stereocenters. The van der Waals surface area contributed by atoms with Crippen molar-refractivity contribution < 1.29 is 9.50 Å². The van der Waals surface area contributed by atoms with Gasteiger partial charge in [0, 0.05) is 56.6 Å². The van der Waals surface area contributed by atoms with E-state index in [2.05, 4.69) is 41.9 Å². The minimum absolute atomic E-state index is 0.325. The highest BCUT2D eigenvalue weighted by Crippen LogP contribution is 2.34. The van der Waals surface area contributed by atoms with Gasteiger partial charge in [0.2, 0.25) is 0 Å². The van der Waals surface area contributed by atoms with Crippen LogP contribution in [0.3, 0.4) is 0 Å². The highest BCUT2D eigenvalue weighted by Gasteiger charge is 2.23. The summed E-state index contributed by atoms with van der Waals surface area (Å²) in [4.78, 5) is 25.1. The average molecular weight is 582 g/mol. The van der Waals surface area contributed by atoms with Crippen LogP contribution in [0.4, 0.5) is 16.0 Å². The van der Waals surface area contributed by atoms with Gasteiger partial charge < -0.3 is 24.8 Å². The fourth-order valence-electron chi connectivity index (χ4n) is 6.26. The number of rotatable bonds is 5. The highest BCUT2D eigenvalue weighted by atomic mass is 19.1. The molecule has 0 saturated carbocycles. The minimum atomic E-state index is -0.626. The van der Waals surface area contributed by atoms with Crippen molar-refractivity contribution in [3.63, 3.8) is 0 Å². The molecule has 2 aliphatic rings. The van der Waals surface area contributed by atoms with Crippen molar-refractivity contribution in [1.82, 2.24) is 35.0 Å². The van der Waals surface area contributed by atoms with E-state index in [1.54, 1.807) is 0 Å². The van der Waals surface area contributed by atoms with Gasteiger partial charge >= 0.3 is 0 Å². The number of nitrogens with one attached hydrogen (secondary N) is 2. The van der Waals surface area contributed by atoms with Gasteiger partial charge in [-0.25, -0.2) is 14.4 Å². The van der Waals surface area contributed by atoms with Gasteiger partial charge in [-0.15, -0.1) is 0 Å². The standard InChI is InChI=1S/C32H36FN9O/c1-3-20-16-28(43)24(33)17-23(20)21-5-6-22-27(15-21)38-39-31(22)32-35-25-7-11-42(12-8-26(25)36-32)30-19-34-18-29(37-30)41-10-4-9-40(2)13-14-41/h5-6,15-19,43H,3-4,7-14H2,1-2H3,(H,35,36)(H,38,39). The molecule has 0 aliphatic carbocycles. The number of aromatic nitrogens is 6. The molecule has 11 heteroatoms. The molecule has 10 nitrogen and oxygen atoms in total. The number of imidazole rings is 1. The predicted octanol–water partition coefficient (Wildman–Crippen LogP) is 4.56. The van der Waals surface area contributed by atoms with Crippen LogP contribution >= 0.6 is 0 Å². The first-order chi connectivity index (χ1) is 21.0. The Bertz CT molecular complexity index is 1750. The zero-order valence-corrected chi connectivity index (χ0v) is 24.6. The van der Waals surface area contributed by atoms with E-state index >= 15 is 0 Å². The number of benzene rings is 2. The number of phenols is 1. The normalized spacial score (nSPS) is 16.3. The summed E-state index contributed by atoms with van der Waals surface area (Å²) in [7, 11) is 2.17. The zero-order valence-electron chi connectivity index (χ0n) is 24.6. The number of aromatic amines is 2. The zero-order chi connectivity index (χ0) is 29.5. The molecule has 0 atom stereocenters. The number of halogens is 1. The number of nitrogens with zero attached hydrogens (tertiary/aromatic N) is 7. The molecule has 1 fully saturated rings. The molecule has 0 bridgehead atoms. The van der Waals surface area contributed by atoms with E-state index in [4.69, 9.17) is 9.97 Å². The van der Waals surface area contributed by atoms with Crippen LogP contribution in [-0.4, -0.2) is 86.5 Å².